The molecule has 0 bridgehead atoms. The molecule has 0 radical (unpaired) electrons. The summed E-state index contributed by atoms with van der Waals surface area (Å²) in [6.07, 6.45) is 2.79. The lowest BCUT2D eigenvalue weighted by Crippen LogP contribution is -2.38. The SMILES string of the molecule is CC1CC(C)CN(Cc2ccc(CNC(=O)c3cccc(N4CCCC4=O)c3)cc2)C1. The van der Waals surface area contributed by atoms with Gasteiger partial charge in [-0.15, -0.1) is 0 Å². The van der Waals surface area contributed by atoms with Gasteiger partial charge in [0.15, 0.2) is 0 Å². The van der Waals surface area contributed by atoms with Gasteiger partial charge in [0.25, 0.3) is 5.91 Å². The highest BCUT2D eigenvalue weighted by atomic mass is 16.2. The molecule has 2 fully saturated rings. The van der Waals surface area contributed by atoms with Gasteiger partial charge in [-0.25, -0.2) is 0 Å². The van der Waals surface area contributed by atoms with Gasteiger partial charge in [-0.05, 0) is 54.0 Å². The summed E-state index contributed by atoms with van der Waals surface area (Å²) < 4.78 is 0. The Labute approximate surface area is 185 Å². The van der Waals surface area contributed by atoms with Crippen molar-refractivity contribution in [3.05, 3.63) is 65.2 Å². The molecule has 0 spiro atoms. The second-order valence-electron chi connectivity index (χ2n) is 9.34. The molecule has 5 heteroatoms. The van der Waals surface area contributed by atoms with Crippen molar-refractivity contribution in [1.82, 2.24) is 10.2 Å². The Morgan fingerprint density at radius 3 is 2.42 bits per heavy atom. The Bertz CT molecular complexity index is 915. The third-order valence-electron chi connectivity index (χ3n) is 6.32. The number of carbonyl (C=O) groups is 2. The summed E-state index contributed by atoms with van der Waals surface area (Å²) >= 11 is 0. The van der Waals surface area contributed by atoms with E-state index in [9.17, 15) is 9.59 Å². The Kier molecular flexibility index (Phi) is 6.71. The first-order chi connectivity index (χ1) is 15.0. The predicted molar refractivity (Wildman–Crippen MR) is 124 cm³/mol. The summed E-state index contributed by atoms with van der Waals surface area (Å²) in [6, 6.07) is 15.9. The van der Waals surface area contributed by atoms with E-state index >= 15 is 0 Å². The standard InChI is InChI=1S/C26H33N3O2/c1-19-13-20(2)17-28(16-19)18-22-10-8-21(9-11-22)15-27-26(31)23-5-3-6-24(14-23)29-12-4-7-25(29)30/h3,5-6,8-11,14,19-20H,4,7,12-13,15-18H2,1-2H3,(H,27,31). The van der Waals surface area contributed by atoms with E-state index in [0.29, 0.717) is 18.5 Å². The first-order valence-electron chi connectivity index (χ1n) is 11.5. The lowest BCUT2D eigenvalue weighted by Gasteiger charge is -2.35. The summed E-state index contributed by atoms with van der Waals surface area (Å²) in [4.78, 5) is 28.9. The van der Waals surface area contributed by atoms with E-state index < -0.39 is 0 Å². The maximum Gasteiger partial charge on any atom is 0.251 e. The summed E-state index contributed by atoms with van der Waals surface area (Å²) in [5.74, 6) is 1.54. The minimum absolute atomic E-state index is 0.117. The molecular formula is C26H33N3O2. The number of likely N-dealkylation sites (tertiary alicyclic amines) is 1. The van der Waals surface area contributed by atoms with Crippen LogP contribution in [0.2, 0.25) is 0 Å². The Morgan fingerprint density at radius 2 is 1.74 bits per heavy atom. The molecule has 2 aromatic rings. The largest absolute Gasteiger partial charge is 0.348 e. The van der Waals surface area contributed by atoms with Crippen LogP contribution in [0.5, 0.6) is 0 Å². The molecule has 5 nitrogen and oxygen atoms in total. The minimum Gasteiger partial charge on any atom is -0.348 e. The highest BCUT2D eigenvalue weighted by Gasteiger charge is 2.23. The number of piperidine rings is 1. The van der Waals surface area contributed by atoms with Crippen molar-refractivity contribution < 1.29 is 9.59 Å². The zero-order valence-corrected chi connectivity index (χ0v) is 18.6. The van der Waals surface area contributed by atoms with Gasteiger partial charge in [0.2, 0.25) is 5.91 Å². The molecule has 2 atom stereocenters. The van der Waals surface area contributed by atoms with Crippen LogP contribution in [-0.4, -0.2) is 36.3 Å². The number of hydrogen-bond acceptors (Lipinski definition) is 3. The van der Waals surface area contributed by atoms with E-state index in [1.54, 1.807) is 11.0 Å². The van der Waals surface area contributed by atoms with Crippen molar-refractivity contribution >= 4 is 17.5 Å². The van der Waals surface area contributed by atoms with Crippen LogP contribution in [0.25, 0.3) is 0 Å². The van der Waals surface area contributed by atoms with Gasteiger partial charge in [-0.1, -0.05) is 44.2 Å². The van der Waals surface area contributed by atoms with E-state index in [1.807, 2.05) is 18.2 Å². The molecule has 2 aliphatic heterocycles. The number of carbonyl (C=O) groups excluding carboxylic acids is 2. The number of hydrogen-bond donors (Lipinski definition) is 1. The fourth-order valence-corrected chi connectivity index (χ4v) is 4.96. The average molecular weight is 420 g/mol. The summed E-state index contributed by atoms with van der Waals surface area (Å²) in [5.41, 5.74) is 3.80. The highest BCUT2D eigenvalue weighted by molar-refractivity contribution is 5.99. The lowest BCUT2D eigenvalue weighted by atomic mass is 9.91. The zero-order valence-electron chi connectivity index (χ0n) is 18.6. The number of amides is 2. The van der Waals surface area contributed by atoms with Gasteiger partial charge in [-0.3, -0.25) is 14.5 Å². The third-order valence-corrected chi connectivity index (χ3v) is 6.32. The van der Waals surface area contributed by atoms with Crippen molar-refractivity contribution in [3.8, 4) is 0 Å². The first kappa shape index (κ1) is 21.6. The summed E-state index contributed by atoms with van der Waals surface area (Å²) in [6.45, 7) is 9.23. The van der Waals surface area contributed by atoms with Crippen molar-refractivity contribution in [1.29, 1.82) is 0 Å². The van der Waals surface area contributed by atoms with Crippen LogP contribution >= 0.6 is 0 Å². The molecule has 2 amide bonds. The van der Waals surface area contributed by atoms with Crippen LogP contribution in [0.4, 0.5) is 5.69 Å². The van der Waals surface area contributed by atoms with E-state index in [4.69, 9.17) is 0 Å². The molecule has 164 valence electrons. The number of nitrogens with zero attached hydrogens (tertiary/aromatic N) is 2. The number of anilines is 1. The predicted octanol–water partition coefficient (Wildman–Crippen LogP) is 4.22. The van der Waals surface area contributed by atoms with Gasteiger partial charge in [0.1, 0.15) is 0 Å². The molecule has 2 heterocycles. The minimum atomic E-state index is -0.117. The Hall–Kier alpha value is -2.66. The zero-order chi connectivity index (χ0) is 21.8. The summed E-state index contributed by atoms with van der Waals surface area (Å²) in [7, 11) is 0. The molecule has 0 saturated carbocycles. The summed E-state index contributed by atoms with van der Waals surface area (Å²) in [5, 5.41) is 3.00. The van der Waals surface area contributed by atoms with E-state index in [-0.39, 0.29) is 11.8 Å². The fraction of sp³-hybridized carbons (Fsp3) is 0.462. The molecule has 4 rings (SSSR count). The van der Waals surface area contributed by atoms with Crippen LogP contribution in [0.1, 0.15) is 54.6 Å². The fourth-order valence-electron chi connectivity index (χ4n) is 4.96. The molecule has 2 aliphatic rings. The van der Waals surface area contributed by atoms with Gasteiger partial charge >= 0.3 is 0 Å². The molecule has 31 heavy (non-hydrogen) atoms. The van der Waals surface area contributed by atoms with E-state index in [2.05, 4.69) is 48.3 Å². The average Bonchev–Trinajstić information content (AvgIpc) is 3.18. The van der Waals surface area contributed by atoms with Crippen molar-refractivity contribution in [3.63, 3.8) is 0 Å². The van der Waals surface area contributed by atoms with Gasteiger partial charge in [0.05, 0.1) is 0 Å². The normalized spacial score (nSPS) is 22.0. The molecule has 1 N–H and O–H groups in total. The van der Waals surface area contributed by atoms with Crippen LogP contribution < -0.4 is 10.2 Å². The second kappa shape index (κ2) is 9.65. The van der Waals surface area contributed by atoms with Gasteiger partial charge in [-0.2, -0.15) is 0 Å². The number of benzene rings is 2. The molecule has 2 aromatic carbocycles. The maximum atomic E-state index is 12.6. The smallest absolute Gasteiger partial charge is 0.251 e. The number of rotatable bonds is 6. The monoisotopic (exact) mass is 419 g/mol. The van der Waals surface area contributed by atoms with Gasteiger partial charge in [0, 0.05) is 50.4 Å². The Balaban J connectivity index is 1.31. The van der Waals surface area contributed by atoms with Crippen LogP contribution in [-0.2, 0) is 17.9 Å². The van der Waals surface area contributed by atoms with Crippen LogP contribution in [0.15, 0.2) is 48.5 Å². The quantitative estimate of drug-likeness (QED) is 0.763. The lowest BCUT2D eigenvalue weighted by molar-refractivity contribution is -0.117. The van der Waals surface area contributed by atoms with Gasteiger partial charge < -0.3 is 10.2 Å². The maximum absolute atomic E-state index is 12.6. The molecule has 2 saturated heterocycles. The van der Waals surface area contributed by atoms with Crippen molar-refractivity contribution in [2.45, 2.75) is 46.2 Å². The topological polar surface area (TPSA) is 52.7 Å². The highest BCUT2D eigenvalue weighted by Crippen LogP contribution is 2.23. The van der Waals surface area contributed by atoms with Crippen LogP contribution in [0.3, 0.4) is 0 Å². The second-order valence-corrected chi connectivity index (χ2v) is 9.34. The molecule has 0 aliphatic carbocycles. The van der Waals surface area contributed by atoms with E-state index in [0.717, 1.165) is 42.6 Å². The molecule has 0 aromatic heterocycles. The van der Waals surface area contributed by atoms with Crippen LogP contribution in [0, 0.1) is 11.8 Å². The molecular weight excluding hydrogens is 386 g/mol. The molecule has 2 unspecified atom stereocenters. The third kappa shape index (κ3) is 5.53. The first-order valence-corrected chi connectivity index (χ1v) is 11.5. The van der Waals surface area contributed by atoms with Crippen molar-refractivity contribution in [2.75, 3.05) is 24.5 Å². The van der Waals surface area contributed by atoms with E-state index in [1.165, 1.54) is 25.1 Å². The Morgan fingerprint density at radius 1 is 1.03 bits per heavy atom. The number of nitrogens with one attached hydrogen (secondary N) is 1. The van der Waals surface area contributed by atoms with Crippen molar-refractivity contribution in [2.24, 2.45) is 11.8 Å².